The summed E-state index contributed by atoms with van der Waals surface area (Å²) in [5, 5.41) is 15.3. The van der Waals surface area contributed by atoms with Crippen LogP contribution in [0.15, 0.2) is 12.3 Å². The topological polar surface area (TPSA) is 38.0 Å². The fourth-order valence-electron chi connectivity index (χ4n) is 5.51. The number of rotatable bonds is 3. The highest BCUT2D eigenvalue weighted by Crippen LogP contribution is 2.63. The van der Waals surface area contributed by atoms with Crippen LogP contribution < -0.4 is 0 Å². The van der Waals surface area contributed by atoms with Crippen molar-refractivity contribution in [2.75, 3.05) is 0 Å². The van der Waals surface area contributed by atoms with E-state index in [-0.39, 0.29) is 5.60 Å². The third-order valence-corrected chi connectivity index (χ3v) is 6.35. The zero-order valence-corrected chi connectivity index (χ0v) is 11.8. The summed E-state index contributed by atoms with van der Waals surface area (Å²) in [6.45, 7) is 0. The molecule has 1 N–H and O–H groups in total. The minimum atomic E-state index is -0.375. The average molecular weight is 260 g/mol. The fourth-order valence-corrected chi connectivity index (χ4v) is 5.51. The van der Waals surface area contributed by atoms with Gasteiger partial charge in [0.2, 0.25) is 0 Å². The SMILES string of the molecule is Cn1nccc1CCC1(O)CC2CC1C1CCCC21. The molecule has 3 heteroatoms. The maximum absolute atomic E-state index is 11.1. The van der Waals surface area contributed by atoms with Crippen molar-refractivity contribution >= 4 is 0 Å². The molecule has 5 unspecified atom stereocenters. The van der Waals surface area contributed by atoms with Crippen LogP contribution in [-0.2, 0) is 13.5 Å². The maximum atomic E-state index is 11.1. The summed E-state index contributed by atoms with van der Waals surface area (Å²) in [5.74, 6) is 3.23. The van der Waals surface area contributed by atoms with Gasteiger partial charge in [-0.25, -0.2) is 0 Å². The first kappa shape index (κ1) is 12.0. The first-order chi connectivity index (χ1) is 9.17. The first-order valence-electron chi connectivity index (χ1n) is 7.87. The molecule has 0 saturated heterocycles. The highest BCUT2D eigenvalue weighted by atomic mass is 16.3. The molecule has 2 bridgehead atoms. The predicted molar refractivity (Wildman–Crippen MR) is 73.5 cm³/mol. The molecule has 3 fully saturated rings. The molecule has 0 radical (unpaired) electrons. The van der Waals surface area contributed by atoms with Crippen molar-refractivity contribution < 1.29 is 5.11 Å². The minimum Gasteiger partial charge on any atom is -0.390 e. The number of aryl methyl sites for hydroxylation is 2. The molecule has 1 heterocycles. The highest BCUT2D eigenvalue weighted by molar-refractivity contribution is 5.11. The molecule has 0 spiro atoms. The Kier molecular flexibility index (Phi) is 2.57. The number of fused-ring (bicyclic) bond motifs is 5. The Balaban J connectivity index is 1.48. The molecule has 4 rings (SSSR count). The van der Waals surface area contributed by atoms with Crippen LogP contribution in [-0.4, -0.2) is 20.5 Å². The number of hydrogen-bond acceptors (Lipinski definition) is 2. The molecule has 1 aromatic heterocycles. The van der Waals surface area contributed by atoms with Gasteiger partial charge in [0.05, 0.1) is 5.60 Å². The Morgan fingerprint density at radius 3 is 3.05 bits per heavy atom. The van der Waals surface area contributed by atoms with Crippen molar-refractivity contribution in [1.82, 2.24) is 9.78 Å². The standard InChI is InChI=1S/C16H24N2O/c1-18-12(6-8-17-18)5-7-16(19)10-11-9-15(16)14-4-2-3-13(11)14/h6,8,11,13-15,19H,2-5,7,9-10H2,1H3. The number of aliphatic hydroxyl groups is 1. The van der Waals surface area contributed by atoms with Crippen LogP contribution in [0.1, 0.15) is 44.2 Å². The summed E-state index contributed by atoms with van der Waals surface area (Å²) in [7, 11) is 1.99. The normalized spacial score (nSPS) is 43.9. The highest BCUT2D eigenvalue weighted by Gasteiger charge is 2.59. The lowest BCUT2D eigenvalue weighted by atomic mass is 9.71. The lowest BCUT2D eigenvalue weighted by Crippen LogP contribution is -2.41. The van der Waals surface area contributed by atoms with Crippen LogP contribution >= 0.6 is 0 Å². The summed E-state index contributed by atoms with van der Waals surface area (Å²) in [6.07, 6.45) is 10.3. The Labute approximate surface area is 115 Å². The van der Waals surface area contributed by atoms with Gasteiger partial charge in [0.25, 0.3) is 0 Å². The zero-order valence-electron chi connectivity index (χ0n) is 11.8. The number of hydrogen-bond donors (Lipinski definition) is 1. The molecular formula is C16H24N2O. The third kappa shape index (κ3) is 1.70. The largest absolute Gasteiger partial charge is 0.390 e. The molecule has 3 aliphatic rings. The minimum absolute atomic E-state index is 0.375. The Morgan fingerprint density at radius 2 is 2.26 bits per heavy atom. The molecule has 0 amide bonds. The molecule has 104 valence electrons. The predicted octanol–water partition coefficient (Wildman–Crippen LogP) is 2.54. The molecule has 0 aromatic carbocycles. The van der Waals surface area contributed by atoms with Crippen molar-refractivity contribution in [2.45, 2.75) is 50.5 Å². The molecule has 0 aliphatic heterocycles. The molecule has 3 aliphatic carbocycles. The van der Waals surface area contributed by atoms with Crippen LogP contribution in [0.2, 0.25) is 0 Å². The second-order valence-corrected chi connectivity index (χ2v) is 7.11. The average Bonchev–Trinajstić information content (AvgIpc) is 3.07. The van der Waals surface area contributed by atoms with Crippen molar-refractivity contribution in [3.8, 4) is 0 Å². The van der Waals surface area contributed by atoms with Crippen LogP contribution in [0.4, 0.5) is 0 Å². The van der Waals surface area contributed by atoms with Crippen LogP contribution in [0, 0.1) is 23.7 Å². The monoisotopic (exact) mass is 260 g/mol. The second kappa shape index (κ2) is 4.08. The van der Waals surface area contributed by atoms with E-state index in [1.807, 2.05) is 17.9 Å². The number of aromatic nitrogens is 2. The van der Waals surface area contributed by atoms with Gasteiger partial charge in [-0.1, -0.05) is 6.42 Å². The van der Waals surface area contributed by atoms with Gasteiger partial charge in [-0.15, -0.1) is 0 Å². The molecule has 1 aromatic rings. The number of nitrogens with zero attached hydrogens (tertiary/aromatic N) is 2. The van der Waals surface area contributed by atoms with E-state index < -0.39 is 0 Å². The van der Waals surface area contributed by atoms with Gasteiger partial charge in [-0.05, 0) is 68.3 Å². The Hall–Kier alpha value is -0.830. The molecule has 3 nitrogen and oxygen atoms in total. The van der Waals surface area contributed by atoms with E-state index in [9.17, 15) is 5.11 Å². The smallest absolute Gasteiger partial charge is 0.0685 e. The van der Waals surface area contributed by atoms with Crippen molar-refractivity contribution in [3.63, 3.8) is 0 Å². The Bertz CT molecular complexity index is 483. The van der Waals surface area contributed by atoms with E-state index >= 15 is 0 Å². The Morgan fingerprint density at radius 1 is 1.42 bits per heavy atom. The van der Waals surface area contributed by atoms with E-state index in [2.05, 4.69) is 11.2 Å². The van der Waals surface area contributed by atoms with Crippen LogP contribution in [0.25, 0.3) is 0 Å². The molecular weight excluding hydrogens is 236 g/mol. The van der Waals surface area contributed by atoms with E-state index in [1.165, 1.54) is 31.4 Å². The second-order valence-electron chi connectivity index (χ2n) is 7.11. The quantitative estimate of drug-likeness (QED) is 0.907. The van der Waals surface area contributed by atoms with Gasteiger partial charge in [0.1, 0.15) is 0 Å². The van der Waals surface area contributed by atoms with Crippen LogP contribution in [0.5, 0.6) is 0 Å². The van der Waals surface area contributed by atoms with Gasteiger partial charge < -0.3 is 5.11 Å². The van der Waals surface area contributed by atoms with Crippen LogP contribution in [0.3, 0.4) is 0 Å². The maximum Gasteiger partial charge on any atom is 0.0685 e. The lowest BCUT2D eigenvalue weighted by molar-refractivity contribution is -0.0518. The van der Waals surface area contributed by atoms with Crippen molar-refractivity contribution in [2.24, 2.45) is 30.7 Å². The molecule has 5 atom stereocenters. The summed E-state index contributed by atoms with van der Waals surface area (Å²) >= 11 is 0. The zero-order chi connectivity index (χ0) is 13.0. The van der Waals surface area contributed by atoms with E-state index in [0.29, 0.717) is 5.92 Å². The van der Waals surface area contributed by atoms with E-state index in [4.69, 9.17) is 0 Å². The summed E-state index contributed by atoms with van der Waals surface area (Å²) in [5.41, 5.74) is 0.875. The van der Waals surface area contributed by atoms with E-state index in [0.717, 1.165) is 37.0 Å². The molecule has 3 saturated carbocycles. The molecule has 19 heavy (non-hydrogen) atoms. The first-order valence-corrected chi connectivity index (χ1v) is 7.87. The van der Waals surface area contributed by atoms with Gasteiger partial charge in [0, 0.05) is 18.9 Å². The summed E-state index contributed by atoms with van der Waals surface area (Å²) in [6, 6.07) is 2.08. The van der Waals surface area contributed by atoms with Gasteiger partial charge in [-0.2, -0.15) is 5.10 Å². The van der Waals surface area contributed by atoms with Gasteiger partial charge >= 0.3 is 0 Å². The summed E-state index contributed by atoms with van der Waals surface area (Å²) in [4.78, 5) is 0. The van der Waals surface area contributed by atoms with Gasteiger partial charge in [0.15, 0.2) is 0 Å². The van der Waals surface area contributed by atoms with E-state index in [1.54, 1.807) is 0 Å². The summed E-state index contributed by atoms with van der Waals surface area (Å²) < 4.78 is 1.94. The van der Waals surface area contributed by atoms with Crippen molar-refractivity contribution in [1.29, 1.82) is 0 Å². The third-order valence-electron chi connectivity index (χ3n) is 6.35. The van der Waals surface area contributed by atoms with Crippen molar-refractivity contribution in [3.05, 3.63) is 18.0 Å². The lowest BCUT2D eigenvalue weighted by Gasteiger charge is -2.39. The van der Waals surface area contributed by atoms with Gasteiger partial charge in [-0.3, -0.25) is 4.68 Å². The fraction of sp³-hybridized carbons (Fsp3) is 0.812.